The highest BCUT2D eigenvalue weighted by molar-refractivity contribution is 7.99. The van der Waals surface area contributed by atoms with Crippen molar-refractivity contribution in [2.75, 3.05) is 12.3 Å². The Bertz CT molecular complexity index is 366. The molecule has 2 heterocycles. The van der Waals surface area contributed by atoms with Gasteiger partial charge in [-0.1, -0.05) is 11.8 Å². The lowest BCUT2D eigenvalue weighted by Gasteiger charge is -2.08. The molecule has 1 aromatic heterocycles. The lowest BCUT2D eigenvalue weighted by atomic mass is 10.3. The lowest BCUT2D eigenvalue weighted by Crippen LogP contribution is -2.24. The van der Waals surface area contributed by atoms with Crippen LogP contribution in [0.25, 0.3) is 0 Å². The fraction of sp³-hybridized carbons (Fsp3) is 0.778. The first kappa shape index (κ1) is 10.8. The van der Waals surface area contributed by atoms with Crippen LogP contribution in [0.4, 0.5) is 0 Å². The van der Waals surface area contributed by atoms with Gasteiger partial charge in [-0.3, -0.25) is 4.57 Å². The number of rotatable bonds is 4. The number of hydrogen-bond acceptors (Lipinski definition) is 4. The summed E-state index contributed by atoms with van der Waals surface area (Å²) in [5.74, 6) is 0.990. The van der Waals surface area contributed by atoms with Gasteiger partial charge >= 0.3 is 5.69 Å². The van der Waals surface area contributed by atoms with Gasteiger partial charge < -0.3 is 5.32 Å². The second-order valence-electron chi connectivity index (χ2n) is 3.66. The predicted molar refractivity (Wildman–Crippen MR) is 60.3 cm³/mol. The minimum absolute atomic E-state index is 0.112. The molecule has 1 aliphatic heterocycles. The molecule has 6 heteroatoms. The second-order valence-corrected chi connectivity index (χ2v) is 4.65. The summed E-state index contributed by atoms with van der Waals surface area (Å²) in [4.78, 5) is 11.3. The smallest absolute Gasteiger partial charge is 0.313 e. The Labute approximate surface area is 92.6 Å². The van der Waals surface area contributed by atoms with E-state index in [0.717, 1.165) is 17.5 Å². The summed E-state index contributed by atoms with van der Waals surface area (Å²) in [5.41, 5.74) is -0.112. The van der Waals surface area contributed by atoms with E-state index in [4.69, 9.17) is 0 Å². The van der Waals surface area contributed by atoms with Crippen molar-refractivity contribution in [1.82, 2.24) is 20.1 Å². The molecule has 2 rings (SSSR count). The topological polar surface area (TPSA) is 62.7 Å². The number of thioether (sulfide) groups is 1. The molecule has 0 unspecified atom stereocenters. The molecule has 0 saturated carbocycles. The van der Waals surface area contributed by atoms with Crippen molar-refractivity contribution >= 4 is 11.8 Å². The fourth-order valence-corrected chi connectivity index (χ4v) is 2.88. The maximum absolute atomic E-state index is 11.3. The molecular weight excluding hydrogens is 212 g/mol. The van der Waals surface area contributed by atoms with Crippen LogP contribution < -0.4 is 11.0 Å². The molecule has 0 bridgehead atoms. The molecule has 0 aliphatic carbocycles. The molecule has 1 aliphatic rings. The number of hydrogen-bond donors (Lipinski definition) is 2. The first-order valence-corrected chi connectivity index (χ1v) is 6.31. The summed E-state index contributed by atoms with van der Waals surface area (Å²) >= 11 is 1.65. The molecule has 1 aromatic rings. The van der Waals surface area contributed by atoms with E-state index >= 15 is 0 Å². The molecule has 0 spiro atoms. The van der Waals surface area contributed by atoms with E-state index in [9.17, 15) is 4.79 Å². The quantitative estimate of drug-likeness (QED) is 0.734. The third-order valence-electron chi connectivity index (χ3n) is 2.62. The first-order chi connectivity index (χ1) is 7.31. The van der Waals surface area contributed by atoms with Gasteiger partial charge in [0.2, 0.25) is 0 Å². The fourth-order valence-electron chi connectivity index (χ4n) is 1.77. The number of aromatic amines is 1. The monoisotopic (exact) mass is 228 g/mol. The lowest BCUT2D eigenvalue weighted by molar-refractivity contribution is 0.650. The standard InChI is InChI=1S/C9H16N4OS/c1-2-13-8(14)11-12-9(13)15-6-7-4-3-5-10-7/h7,10H,2-6H2,1H3,(H,11,14)/t7-/m0/s1. The van der Waals surface area contributed by atoms with E-state index in [-0.39, 0.29) is 5.69 Å². The normalized spacial score (nSPS) is 21.0. The van der Waals surface area contributed by atoms with Crippen molar-refractivity contribution in [3.63, 3.8) is 0 Å². The molecule has 1 fully saturated rings. The Balaban J connectivity index is 1.95. The second kappa shape index (κ2) is 4.85. The van der Waals surface area contributed by atoms with Crippen molar-refractivity contribution in [3.8, 4) is 0 Å². The molecular formula is C9H16N4OS. The van der Waals surface area contributed by atoms with Crippen LogP contribution in [0.2, 0.25) is 0 Å². The van der Waals surface area contributed by atoms with E-state index in [1.807, 2.05) is 6.92 Å². The maximum Gasteiger partial charge on any atom is 0.343 e. The van der Waals surface area contributed by atoms with Crippen molar-refractivity contribution in [1.29, 1.82) is 0 Å². The van der Waals surface area contributed by atoms with Crippen LogP contribution in [0.15, 0.2) is 9.95 Å². The maximum atomic E-state index is 11.3. The van der Waals surface area contributed by atoms with Crippen LogP contribution in [0.5, 0.6) is 0 Å². The van der Waals surface area contributed by atoms with E-state index in [1.165, 1.54) is 12.8 Å². The average molecular weight is 228 g/mol. The van der Waals surface area contributed by atoms with Gasteiger partial charge in [-0.15, -0.1) is 5.10 Å². The molecule has 0 radical (unpaired) electrons. The number of aromatic nitrogens is 3. The summed E-state index contributed by atoms with van der Waals surface area (Å²) in [6.45, 7) is 3.75. The zero-order chi connectivity index (χ0) is 10.7. The zero-order valence-electron chi connectivity index (χ0n) is 8.82. The molecule has 0 aromatic carbocycles. The molecule has 84 valence electrons. The largest absolute Gasteiger partial charge is 0.343 e. The zero-order valence-corrected chi connectivity index (χ0v) is 9.64. The van der Waals surface area contributed by atoms with Gasteiger partial charge in [0.1, 0.15) is 0 Å². The van der Waals surface area contributed by atoms with Crippen molar-refractivity contribution in [3.05, 3.63) is 10.5 Å². The van der Waals surface area contributed by atoms with Gasteiger partial charge in [-0.25, -0.2) is 9.89 Å². The van der Waals surface area contributed by atoms with Crippen LogP contribution in [-0.2, 0) is 6.54 Å². The molecule has 1 saturated heterocycles. The van der Waals surface area contributed by atoms with E-state index in [2.05, 4.69) is 15.5 Å². The summed E-state index contributed by atoms with van der Waals surface area (Å²) in [5, 5.41) is 10.7. The Morgan fingerprint density at radius 3 is 3.20 bits per heavy atom. The van der Waals surface area contributed by atoms with Crippen molar-refractivity contribution in [2.45, 2.75) is 37.5 Å². The van der Waals surface area contributed by atoms with E-state index < -0.39 is 0 Å². The third kappa shape index (κ3) is 2.43. The highest BCUT2D eigenvalue weighted by Gasteiger charge is 2.16. The highest BCUT2D eigenvalue weighted by Crippen LogP contribution is 2.18. The van der Waals surface area contributed by atoms with Crippen LogP contribution in [-0.4, -0.2) is 33.1 Å². The van der Waals surface area contributed by atoms with Gasteiger partial charge in [-0.2, -0.15) is 0 Å². The number of nitrogens with one attached hydrogen (secondary N) is 2. The first-order valence-electron chi connectivity index (χ1n) is 5.32. The summed E-state index contributed by atoms with van der Waals surface area (Å²) in [7, 11) is 0. The predicted octanol–water partition coefficient (Wildman–Crippen LogP) is 0.435. The highest BCUT2D eigenvalue weighted by atomic mass is 32.2. The summed E-state index contributed by atoms with van der Waals surface area (Å²) < 4.78 is 1.67. The minimum Gasteiger partial charge on any atom is -0.313 e. The number of nitrogens with zero attached hydrogens (tertiary/aromatic N) is 2. The van der Waals surface area contributed by atoms with E-state index in [1.54, 1.807) is 16.3 Å². The molecule has 2 N–H and O–H groups in total. The van der Waals surface area contributed by atoms with Gasteiger partial charge in [0.25, 0.3) is 0 Å². The van der Waals surface area contributed by atoms with Gasteiger partial charge in [-0.05, 0) is 26.3 Å². The Morgan fingerprint density at radius 1 is 1.67 bits per heavy atom. The molecule has 15 heavy (non-hydrogen) atoms. The average Bonchev–Trinajstić information content (AvgIpc) is 2.84. The van der Waals surface area contributed by atoms with Gasteiger partial charge in [0, 0.05) is 18.3 Å². The Morgan fingerprint density at radius 2 is 2.53 bits per heavy atom. The molecule has 5 nitrogen and oxygen atoms in total. The van der Waals surface area contributed by atoms with Crippen molar-refractivity contribution < 1.29 is 0 Å². The minimum atomic E-state index is -0.112. The Kier molecular flexibility index (Phi) is 3.48. The summed E-state index contributed by atoms with van der Waals surface area (Å²) in [6.07, 6.45) is 2.49. The van der Waals surface area contributed by atoms with Crippen LogP contribution in [0.1, 0.15) is 19.8 Å². The summed E-state index contributed by atoms with van der Waals surface area (Å²) in [6, 6.07) is 0.576. The molecule has 1 atom stereocenters. The number of H-pyrrole nitrogens is 1. The van der Waals surface area contributed by atoms with Gasteiger partial charge in [0.05, 0.1) is 0 Å². The molecule has 0 amide bonds. The SMILES string of the molecule is CCn1c(SC[C@@H]2CCCN2)n[nH]c1=O. The van der Waals surface area contributed by atoms with E-state index in [0.29, 0.717) is 12.6 Å². The van der Waals surface area contributed by atoms with Crippen molar-refractivity contribution in [2.24, 2.45) is 0 Å². The van der Waals surface area contributed by atoms with Crippen LogP contribution >= 0.6 is 11.8 Å². The third-order valence-corrected chi connectivity index (χ3v) is 3.75. The van der Waals surface area contributed by atoms with Gasteiger partial charge in [0.15, 0.2) is 5.16 Å². The Hall–Kier alpha value is -0.750. The van der Waals surface area contributed by atoms with Crippen LogP contribution in [0, 0.1) is 0 Å². The van der Waals surface area contributed by atoms with Crippen LogP contribution in [0.3, 0.4) is 0 Å².